The van der Waals surface area contributed by atoms with Gasteiger partial charge in [-0.15, -0.1) is 0 Å². The van der Waals surface area contributed by atoms with Crippen molar-refractivity contribution < 1.29 is 22.3 Å². The second kappa shape index (κ2) is 6.50. The molecule has 0 radical (unpaired) electrons. The number of benzene rings is 1. The summed E-state index contributed by atoms with van der Waals surface area (Å²) >= 11 is 3.28. The molecule has 0 aliphatic carbocycles. The predicted molar refractivity (Wildman–Crippen MR) is 80.0 cm³/mol. The van der Waals surface area contributed by atoms with E-state index in [1.54, 1.807) is 18.2 Å². The zero-order chi connectivity index (χ0) is 15.5. The molecule has 0 amide bonds. The third-order valence-corrected chi connectivity index (χ3v) is 4.79. The summed E-state index contributed by atoms with van der Waals surface area (Å²) in [6.45, 7) is 0.0524. The molecule has 0 aliphatic rings. The van der Waals surface area contributed by atoms with E-state index in [1.807, 2.05) is 0 Å². The molecule has 0 spiro atoms. The monoisotopic (exact) mass is 375 g/mol. The number of sulfonamides is 1. The third-order valence-electron chi connectivity index (χ3n) is 2.74. The number of nitrogens with one attached hydrogen (secondary N) is 1. The molecule has 1 heterocycles. The van der Waals surface area contributed by atoms with Gasteiger partial charge in [0.25, 0.3) is 0 Å². The van der Waals surface area contributed by atoms with Crippen molar-refractivity contribution >= 4 is 26.0 Å². The van der Waals surface area contributed by atoms with Crippen molar-refractivity contribution in [2.45, 2.75) is 11.4 Å². The van der Waals surface area contributed by atoms with Gasteiger partial charge in [-0.1, -0.05) is 0 Å². The fraction of sp³-hybridized carbons (Fsp3) is 0.231. The van der Waals surface area contributed by atoms with Gasteiger partial charge < -0.3 is 13.9 Å². The largest absolute Gasteiger partial charge is 0.496 e. The number of methoxy groups -OCH3 is 2. The number of furan rings is 1. The van der Waals surface area contributed by atoms with Crippen molar-refractivity contribution in [3.63, 3.8) is 0 Å². The Hall–Kier alpha value is -1.51. The van der Waals surface area contributed by atoms with Crippen LogP contribution in [0.25, 0.3) is 0 Å². The van der Waals surface area contributed by atoms with E-state index in [9.17, 15) is 8.42 Å². The van der Waals surface area contributed by atoms with Crippen LogP contribution < -0.4 is 14.2 Å². The fourth-order valence-electron chi connectivity index (χ4n) is 1.70. The van der Waals surface area contributed by atoms with E-state index in [-0.39, 0.29) is 17.2 Å². The molecule has 6 nitrogen and oxygen atoms in total. The summed E-state index contributed by atoms with van der Waals surface area (Å²) in [6, 6.07) is 6.31. The fourth-order valence-corrected chi connectivity index (χ4v) is 3.34. The first-order valence-electron chi connectivity index (χ1n) is 5.91. The topological polar surface area (TPSA) is 77.8 Å². The first-order chi connectivity index (χ1) is 9.97. The molecule has 0 bridgehead atoms. The lowest BCUT2D eigenvalue weighted by Gasteiger charge is -2.13. The van der Waals surface area contributed by atoms with Crippen LogP contribution in [0, 0.1) is 0 Å². The predicted octanol–water partition coefficient (Wildman–Crippen LogP) is 2.54. The molecular weight excluding hydrogens is 362 g/mol. The summed E-state index contributed by atoms with van der Waals surface area (Å²) in [5.74, 6) is 1.13. The van der Waals surface area contributed by atoms with E-state index in [1.165, 1.54) is 26.5 Å². The molecule has 0 atom stereocenters. The Kier molecular flexibility index (Phi) is 4.92. The van der Waals surface area contributed by atoms with E-state index < -0.39 is 10.0 Å². The SMILES string of the molecule is COc1cc(S(=O)(=O)NCc2ccco2)c(OC)cc1Br. The maximum absolute atomic E-state index is 12.4. The first-order valence-corrected chi connectivity index (χ1v) is 8.19. The summed E-state index contributed by atoms with van der Waals surface area (Å²) in [6.07, 6.45) is 1.48. The molecule has 1 aromatic carbocycles. The molecular formula is C13H14BrNO5S. The lowest BCUT2D eigenvalue weighted by Crippen LogP contribution is -2.23. The minimum absolute atomic E-state index is 0.00314. The Bertz CT molecular complexity index is 712. The minimum atomic E-state index is -3.76. The van der Waals surface area contributed by atoms with Crippen LogP contribution in [0.1, 0.15) is 5.76 Å². The molecule has 0 saturated carbocycles. The zero-order valence-electron chi connectivity index (χ0n) is 11.4. The highest BCUT2D eigenvalue weighted by Crippen LogP contribution is 2.35. The van der Waals surface area contributed by atoms with Crippen LogP contribution in [0.4, 0.5) is 0 Å². The quantitative estimate of drug-likeness (QED) is 0.839. The Morgan fingerprint density at radius 3 is 2.52 bits per heavy atom. The molecule has 1 aromatic heterocycles. The first kappa shape index (κ1) is 15.9. The number of hydrogen-bond acceptors (Lipinski definition) is 5. The van der Waals surface area contributed by atoms with E-state index >= 15 is 0 Å². The van der Waals surface area contributed by atoms with E-state index in [0.717, 1.165) is 0 Å². The molecule has 114 valence electrons. The third kappa shape index (κ3) is 3.58. The Morgan fingerprint density at radius 1 is 1.24 bits per heavy atom. The van der Waals surface area contributed by atoms with E-state index in [0.29, 0.717) is 16.0 Å². The van der Waals surface area contributed by atoms with E-state index in [4.69, 9.17) is 13.9 Å². The van der Waals surface area contributed by atoms with Gasteiger partial charge in [-0.3, -0.25) is 0 Å². The highest BCUT2D eigenvalue weighted by atomic mass is 79.9. The zero-order valence-corrected chi connectivity index (χ0v) is 13.8. The lowest BCUT2D eigenvalue weighted by molar-refractivity contribution is 0.390. The second-order valence-corrected chi connectivity index (χ2v) is 6.63. The average Bonchev–Trinajstić information content (AvgIpc) is 2.98. The molecule has 2 aromatic rings. The number of hydrogen-bond donors (Lipinski definition) is 1. The maximum atomic E-state index is 12.4. The molecule has 0 unspecified atom stereocenters. The van der Waals surface area contributed by atoms with Crippen LogP contribution in [0.5, 0.6) is 11.5 Å². The van der Waals surface area contributed by atoms with Gasteiger partial charge in [0.1, 0.15) is 22.2 Å². The highest BCUT2D eigenvalue weighted by molar-refractivity contribution is 9.10. The summed E-state index contributed by atoms with van der Waals surface area (Å²) in [4.78, 5) is -0.00314. The molecule has 0 saturated heterocycles. The normalized spacial score (nSPS) is 11.4. The van der Waals surface area contributed by atoms with Crippen molar-refractivity contribution in [3.8, 4) is 11.5 Å². The Balaban J connectivity index is 2.34. The van der Waals surface area contributed by atoms with Crippen molar-refractivity contribution in [2.24, 2.45) is 0 Å². The van der Waals surface area contributed by atoms with Crippen molar-refractivity contribution in [1.82, 2.24) is 4.72 Å². The summed E-state index contributed by atoms with van der Waals surface area (Å²) < 4.78 is 43.2. The minimum Gasteiger partial charge on any atom is -0.496 e. The number of ether oxygens (including phenoxy) is 2. The van der Waals surface area contributed by atoms with Gasteiger partial charge in [0, 0.05) is 6.07 Å². The van der Waals surface area contributed by atoms with Crippen LogP contribution in [-0.4, -0.2) is 22.6 Å². The summed E-state index contributed by atoms with van der Waals surface area (Å²) in [5.41, 5.74) is 0. The van der Waals surface area contributed by atoms with Crippen molar-refractivity contribution in [1.29, 1.82) is 0 Å². The van der Waals surface area contributed by atoms with Crippen molar-refractivity contribution in [2.75, 3.05) is 14.2 Å². The summed E-state index contributed by atoms with van der Waals surface area (Å²) in [5, 5.41) is 0. The van der Waals surface area contributed by atoms with Crippen LogP contribution in [0.3, 0.4) is 0 Å². The van der Waals surface area contributed by atoms with Crippen LogP contribution >= 0.6 is 15.9 Å². The van der Waals surface area contributed by atoms with Crippen molar-refractivity contribution in [3.05, 3.63) is 40.8 Å². The van der Waals surface area contributed by atoms with Gasteiger partial charge >= 0.3 is 0 Å². The number of halogens is 1. The van der Waals surface area contributed by atoms with Gasteiger partial charge in [0.15, 0.2) is 0 Å². The Morgan fingerprint density at radius 2 is 1.95 bits per heavy atom. The van der Waals surface area contributed by atoms with Gasteiger partial charge in [0.2, 0.25) is 10.0 Å². The molecule has 21 heavy (non-hydrogen) atoms. The Labute approximate surface area is 131 Å². The van der Waals surface area contributed by atoms with Gasteiger partial charge in [-0.2, -0.15) is 0 Å². The second-order valence-electron chi connectivity index (χ2n) is 4.04. The molecule has 8 heteroatoms. The van der Waals surface area contributed by atoms with Crippen LogP contribution in [0.2, 0.25) is 0 Å². The van der Waals surface area contributed by atoms with Gasteiger partial charge in [-0.25, -0.2) is 13.1 Å². The average molecular weight is 376 g/mol. The molecule has 0 fully saturated rings. The molecule has 0 aliphatic heterocycles. The van der Waals surface area contributed by atoms with Crippen LogP contribution in [-0.2, 0) is 16.6 Å². The molecule has 1 N–H and O–H groups in total. The highest BCUT2D eigenvalue weighted by Gasteiger charge is 2.22. The van der Waals surface area contributed by atoms with Gasteiger partial charge in [-0.05, 0) is 34.1 Å². The summed E-state index contributed by atoms with van der Waals surface area (Å²) in [7, 11) is -0.904. The lowest BCUT2D eigenvalue weighted by atomic mass is 10.3. The van der Waals surface area contributed by atoms with Crippen LogP contribution in [0.15, 0.2) is 44.3 Å². The maximum Gasteiger partial charge on any atom is 0.244 e. The standard InChI is InChI=1S/C13H14BrNO5S/c1-18-11-7-13(12(19-2)6-10(11)14)21(16,17)15-8-9-4-3-5-20-9/h3-7,15H,8H2,1-2H3. The number of rotatable bonds is 6. The van der Waals surface area contributed by atoms with E-state index in [2.05, 4.69) is 20.7 Å². The smallest absolute Gasteiger partial charge is 0.244 e. The molecule has 2 rings (SSSR count). The van der Waals surface area contributed by atoms with Gasteiger partial charge in [0.05, 0.1) is 31.5 Å².